The first-order valence-corrected chi connectivity index (χ1v) is 3.49. The summed E-state index contributed by atoms with van der Waals surface area (Å²) in [6, 6.07) is 0. The molecule has 0 unspecified atom stereocenters. The molecule has 0 amide bonds. The highest BCUT2D eigenvalue weighted by atomic mass is 16.1. The summed E-state index contributed by atoms with van der Waals surface area (Å²) in [4.78, 5) is 11.4. The Morgan fingerprint density at radius 1 is 1.10 bits per heavy atom. The zero-order valence-corrected chi connectivity index (χ0v) is 7.49. The predicted octanol–water partition coefficient (Wildman–Crippen LogP) is 1.34. The third-order valence-electron chi connectivity index (χ3n) is 1.27. The Morgan fingerprint density at radius 2 is 1.40 bits per heavy atom. The average molecular weight is 143 g/mol. The Balaban J connectivity index is 4.40. The second-order valence-electron chi connectivity index (χ2n) is 4.30. The Hall–Kier alpha value is -0.370. The van der Waals surface area contributed by atoms with Gasteiger partial charge < -0.3 is 5.73 Å². The Bertz CT molecular complexity index is 120. The fourth-order valence-electron chi connectivity index (χ4n) is 0.967. The minimum atomic E-state index is -0.696. The maximum atomic E-state index is 11.4. The lowest BCUT2D eigenvalue weighted by Crippen LogP contribution is -2.47. The van der Waals surface area contributed by atoms with Gasteiger partial charge in [0.15, 0.2) is 5.78 Å². The lowest BCUT2D eigenvalue weighted by atomic mass is 9.81. The molecule has 2 heteroatoms. The topological polar surface area (TPSA) is 43.1 Å². The van der Waals surface area contributed by atoms with Crippen LogP contribution < -0.4 is 5.73 Å². The number of hydrogen-bond donors (Lipinski definition) is 1. The lowest BCUT2D eigenvalue weighted by molar-refractivity contribution is -0.130. The molecular formula is C8H17NO. The molecule has 0 aliphatic rings. The lowest BCUT2D eigenvalue weighted by Gasteiger charge is -2.26. The highest BCUT2D eigenvalue weighted by Gasteiger charge is 2.32. The molecule has 0 spiro atoms. The summed E-state index contributed by atoms with van der Waals surface area (Å²) in [7, 11) is 0. The van der Waals surface area contributed by atoms with Crippen LogP contribution in [-0.4, -0.2) is 11.3 Å². The van der Waals surface area contributed by atoms with Gasteiger partial charge in [0.1, 0.15) is 0 Å². The molecule has 0 fully saturated rings. The summed E-state index contributed by atoms with van der Waals surface area (Å²) in [6.45, 7) is 9.11. The van der Waals surface area contributed by atoms with Crippen molar-refractivity contribution in [3.05, 3.63) is 0 Å². The van der Waals surface area contributed by atoms with E-state index in [4.69, 9.17) is 5.73 Å². The molecule has 0 aliphatic heterocycles. The summed E-state index contributed by atoms with van der Waals surface area (Å²) >= 11 is 0. The SMILES string of the molecule is CC(C)(C)C(=O)C(C)(C)N. The molecule has 2 nitrogen and oxygen atoms in total. The molecule has 0 bridgehead atoms. The van der Waals surface area contributed by atoms with Gasteiger partial charge in [-0.1, -0.05) is 20.8 Å². The van der Waals surface area contributed by atoms with Gasteiger partial charge in [-0.25, -0.2) is 0 Å². The second-order valence-corrected chi connectivity index (χ2v) is 4.30. The quantitative estimate of drug-likeness (QED) is 0.602. The van der Waals surface area contributed by atoms with Crippen molar-refractivity contribution in [2.75, 3.05) is 0 Å². The van der Waals surface area contributed by atoms with Gasteiger partial charge in [-0.3, -0.25) is 4.79 Å². The van der Waals surface area contributed by atoms with Gasteiger partial charge in [0.25, 0.3) is 0 Å². The van der Waals surface area contributed by atoms with Crippen LogP contribution in [-0.2, 0) is 4.79 Å². The van der Waals surface area contributed by atoms with Crippen LogP contribution in [0.15, 0.2) is 0 Å². The van der Waals surface area contributed by atoms with E-state index in [0.717, 1.165) is 0 Å². The summed E-state index contributed by atoms with van der Waals surface area (Å²) in [5, 5.41) is 0. The molecule has 0 heterocycles. The van der Waals surface area contributed by atoms with E-state index in [1.54, 1.807) is 13.8 Å². The summed E-state index contributed by atoms with van der Waals surface area (Å²) in [5.41, 5.74) is 4.60. The maximum Gasteiger partial charge on any atom is 0.157 e. The smallest absolute Gasteiger partial charge is 0.157 e. The van der Waals surface area contributed by atoms with Crippen molar-refractivity contribution in [2.24, 2.45) is 11.1 Å². The molecule has 0 saturated carbocycles. The van der Waals surface area contributed by atoms with E-state index in [2.05, 4.69) is 0 Å². The predicted molar refractivity (Wildman–Crippen MR) is 42.7 cm³/mol. The number of hydrogen-bond acceptors (Lipinski definition) is 2. The Kier molecular flexibility index (Phi) is 2.26. The van der Waals surface area contributed by atoms with Crippen LogP contribution in [0, 0.1) is 5.41 Å². The standard InChI is InChI=1S/C8H17NO/c1-7(2,3)6(10)8(4,5)9/h9H2,1-5H3. The number of rotatable bonds is 1. The molecular weight excluding hydrogens is 126 g/mol. The van der Waals surface area contributed by atoms with Gasteiger partial charge in [-0.15, -0.1) is 0 Å². The van der Waals surface area contributed by atoms with Crippen molar-refractivity contribution in [2.45, 2.75) is 40.2 Å². The number of ketones is 1. The molecule has 10 heavy (non-hydrogen) atoms. The Labute approximate surface area is 62.8 Å². The van der Waals surface area contributed by atoms with Gasteiger partial charge in [-0.2, -0.15) is 0 Å². The largest absolute Gasteiger partial charge is 0.319 e. The van der Waals surface area contributed by atoms with Crippen LogP contribution in [0.4, 0.5) is 0 Å². The second kappa shape index (κ2) is 2.35. The van der Waals surface area contributed by atoms with E-state index in [-0.39, 0.29) is 11.2 Å². The van der Waals surface area contributed by atoms with Gasteiger partial charge in [0, 0.05) is 5.41 Å². The fraction of sp³-hybridized carbons (Fsp3) is 0.875. The molecule has 60 valence electrons. The first-order valence-electron chi connectivity index (χ1n) is 3.49. The van der Waals surface area contributed by atoms with Crippen LogP contribution in [0.25, 0.3) is 0 Å². The van der Waals surface area contributed by atoms with E-state index in [0.29, 0.717) is 0 Å². The monoisotopic (exact) mass is 143 g/mol. The molecule has 0 aromatic heterocycles. The van der Waals surface area contributed by atoms with E-state index in [1.807, 2.05) is 20.8 Å². The molecule has 0 saturated heterocycles. The van der Waals surface area contributed by atoms with E-state index in [9.17, 15) is 4.79 Å². The van der Waals surface area contributed by atoms with Crippen molar-refractivity contribution in [1.82, 2.24) is 0 Å². The van der Waals surface area contributed by atoms with Gasteiger partial charge >= 0.3 is 0 Å². The third kappa shape index (κ3) is 2.48. The van der Waals surface area contributed by atoms with Crippen molar-refractivity contribution >= 4 is 5.78 Å². The number of carbonyl (C=O) groups excluding carboxylic acids is 1. The molecule has 0 rings (SSSR count). The average Bonchev–Trinajstić information content (AvgIpc) is 1.59. The molecule has 2 N–H and O–H groups in total. The Morgan fingerprint density at radius 3 is 1.40 bits per heavy atom. The van der Waals surface area contributed by atoms with E-state index >= 15 is 0 Å². The minimum Gasteiger partial charge on any atom is -0.319 e. The van der Waals surface area contributed by atoms with Crippen LogP contribution in [0.5, 0.6) is 0 Å². The number of Topliss-reactive ketones (excluding diaryl/α,β-unsaturated/α-hetero) is 1. The summed E-state index contributed by atoms with van der Waals surface area (Å²) in [6.07, 6.45) is 0. The number of carbonyl (C=O) groups is 1. The van der Waals surface area contributed by atoms with Crippen molar-refractivity contribution in [3.63, 3.8) is 0 Å². The van der Waals surface area contributed by atoms with Crippen molar-refractivity contribution in [1.29, 1.82) is 0 Å². The summed E-state index contributed by atoms with van der Waals surface area (Å²) in [5.74, 6) is 0.0972. The minimum absolute atomic E-state index is 0.0972. The molecule has 0 aromatic carbocycles. The first kappa shape index (κ1) is 9.63. The van der Waals surface area contributed by atoms with Crippen LogP contribution in [0.3, 0.4) is 0 Å². The van der Waals surface area contributed by atoms with Gasteiger partial charge in [0.05, 0.1) is 5.54 Å². The number of nitrogens with two attached hydrogens (primary N) is 1. The zero-order chi connectivity index (χ0) is 8.58. The summed E-state index contributed by atoms with van der Waals surface area (Å²) < 4.78 is 0. The normalized spacial score (nSPS) is 13.4. The first-order chi connectivity index (χ1) is 4.15. The van der Waals surface area contributed by atoms with E-state index in [1.165, 1.54) is 0 Å². The van der Waals surface area contributed by atoms with Crippen LogP contribution in [0.2, 0.25) is 0 Å². The van der Waals surface area contributed by atoms with Gasteiger partial charge in [-0.05, 0) is 13.8 Å². The highest BCUT2D eigenvalue weighted by Crippen LogP contribution is 2.20. The molecule has 0 aliphatic carbocycles. The highest BCUT2D eigenvalue weighted by molar-refractivity contribution is 5.91. The fourth-order valence-corrected chi connectivity index (χ4v) is 0.967. The van der Waals surface area contributed by atoms with Crippen molar-refractivity contribution < 1.29 is 4.79 Å². The molecule has 0 atom stereocenters. The zero-order valence-electron chi connectivity index (χ0n) is 7.49. The molecule has 0 aromatic rings. The van der Waals surface area contributed by atoms with Crippen LogP contribution >= 0.6 is 0 Å². The van der Waals surface area contributed by atoms with E-state index < -0.39 is 5.54 Å². The third-order valence-corrected chi connectivity index (χ3v) is 1.27. The van der Waals surface area contributed by atoms with Crippen LogP contribution in [0.1, 0.15) is 34.6 Å². The van der Waals surface area contributed by atoms with Crippen molar-refractivity contribution in [3.8, 4) is 0 Å². The maximum absolute atomic E-state index is 11.4. The van der Waals surface area contributed by atoms with Gasteiger partial charge in [0.2, 0.25) is 0 Å². The molecule has 0 radical (unpaired) electrons.